The van der Waals surface area contributed by atoms with E-state index in [0.29, 0.717) is 19.3 Å². The molecule has 0 unspecified atom stereocenters. The van der Waals surface area contributed by atoms with Crippen LogP contribution in [0.25, 0.3) is 0 Å². The Morgan fingerprint density at radius 1 is 1.12 bits per heavy atom. The van der Waals surface area contributed by atoms with Crippen molar-refractivity contribution in [2.45, 2.75) is 64.8 Å². The lowest BCUT2D eigenvalue weighted by Gasteiger charge is -2.28. The summed E-state index contributed by atoms with van der Waals surface area (Å²) in [5.41, 5.74) is -1.08. The molecule has 2 N–H and O–H groups in total. The molecule has 0 aromatic carbocycles. The summed E-state index contributed by atoms with van der Waals surface area (Å²) in [5, 5.41) is 11.8. The van der Waals surface area contributed by atoms with Crippen LogP contribution in [-0.2, 0) is 9.59 Å². The van der Waals surface area contributed by atoms with Crippen LogP contribution in [-0.4, -0.2) is 22.5 Å². The van der Waals surface area contributed by atoms with Gasteiger partial charge in [0.2, 0.25) is 5.91 Å². The molecule has 0 aromatic rings. The van der Waals surface area contributed by atoms with Gasteiger partial charge in [-0.15, -0.1) is 0 Å². The summed E-state index contributed by atoms with van der Waals surface area (Å²) in [4.78, 5) is 22.7. The topological polar surface area (TPSA) is 66.4 Å². The van der Waals surface area contributed by atoms with E-state index in [-0.39, 0.29) is 5.91 Å². The van der Waals surface area contributed by atoms with Gasteiger partial charge in [-0.3, -0.25) is 4.79 Å². The Labute approximate surface area is 97.4 Å². The highest BCUT2D eigenvalue weighted by Crippen LogP contribution is 2.16. The maximum Gasteiger partial charge on any atom is 0.329 e. The van der Waals surface area contributed by atoms with Crippen LogP contribution in [0.2, 0.25) is 0 Å². The molecular weight excluding hydrogens is 206 g/mol. The number of hydrogen-bond donors (Lipinski definition) is 2. The van der Waals surface area contributed by atoms with Gasteiger partial charge in [0.25, 0.3) is 0 Å². The molecule has 0 spiro atoms. The number of amides is 1. The fourth-order valence-electron chi connectivity index (χ4n) is 1.65. The number of nitrogens with one attached hydrogen (secondary N) is 1. The molecule has 0 radical (unpaired) electrons. The van der Waals surface area contributed by atoms with Gasteiger partial charge >= 0.3 is 5.97 Å². The predicted octanol–water partition coefficient (Wildman–Crippen LogP) is 2.33. The highest BCUT2D eigenvalue weighted by atomic mass is 16.4. The van der Waals surface area contributed by atoms with E-state index in [1.807, 2.05) is 0 Å². The number of carboxylic acids is 1. The third-order valence-electron chi connectivity index (χ3n) is 3.00. The fraction of sp³-hybridized carbons (Fsp3) is 0.833. The molecule has 0 saturated heterocycles. The lowest BCUT2D eigenvalue weighted by Crippen LogP contribution is -2.53. The molecule has 0 aliphatic carbocycles. The van der Waals surface area contributed by atoms with Crippen LogP contribution in [0.4, 0.5) is 0 Å². The molecule has 1 amide bonds. The van der Waals surface area contributed by atoms with Crippen molar-refractivity contribution >= 4 is 11.9 Å². The second-order valence-electron chi connectivity index (χ2n) is 4.10. The van der Waals surface area contributed by atoms with Gasteiger partial charge in [-0.2, -0.15) is 0 Å². The molecule has 0 aliphatic rings. The van der Waals surface area contributed by atoms with Crippen LogP contribution in [0.1, 0.15) is 59.3 Å². The molecule has 0 heterocycles. The number of rotatable bonds is 8. The number of hydrogen-bond acceptors (Lipinski definition) is 2. The van der Waals surface area contributed by atoms with Crippen molar-refractivity contribution in [3.05, 3.63) is 0 Å². The Kier molecular flexibility index (Phi) is 6.77. The summed E-state index contributed by atoms with van der Waals surface area (Å²) in [6, 6.07) is 0. The molecular formula is C12H23NO3. The van der Waals surface area contributed by atoms with Gasteiger partial charge < -0.3 is 10.4 Å². The van der Waals surface area contributed by atoms with Crippen LogP contribution in [0.15, 0.2) is 0 Å². The van der Waals surface area contributed by atoms with Crippen molar-refractivity contribution in [2.24, 2.45) is 0 Å². The van der Waals surface area contributed by atoms with E-state index in [4.69, 9.17) is 5.11 Å². The molecule has 94 valence electrons. The summed E-state index contributed by atoms with van der Waals surface area (Å²) >= 11 is 0. The minimum atomic E-state index is -1.08. The van der Waals surface area contributed by atoms with Crippen LogP contribution in [0.3, 0.4) is 0 Å². The summed E-state index contributed by atoms with van der Waals surface area (Å²) < 4.78 is 0. The van der Waals surface area contributed by atoms with Crippen molar-refractivity contribution in [1.29, 1.82) is 0 Å². The first-order valence-electron chi connectivity index (χ1n) is 6.06. The first kappa shape index (κ1) is 14.9. The van der Waals surface area contributed by atoms with Crippen molar-refractivity contribution in [3.8, 4) is 0 Å². The van der Waals surface area contributed by atoms with Crippen molar-refractivity contribution in [3.63, 3.8) is 0 Å². The predicted molar refractivity (Wildman–Crippen MR) is 63.2 cm³/mol. The summed E-state index contributed by atoms with van der Waals surface area (Å²) in [6.45, 7) is 5.63. The lowest BCUT2D eigenvalue weighted by molar-refractivity contribution is -0.148. The van der Waals surface area contributed by atoms with Crippen molar-refractivity contribution in [2.75, 3.05) is 0 Å². The van der Waals surface area contributed by atoms with Gasteiger partial charge in [-0.05, 0) is 19.3 Å². The van der Waals surface area contributed by atoms with Gasteiger partial charge in [-0.25, -0.2) is 4.79 Å². The third kappa shape index (κ3) is 4.21. The smallest absolute Gasteiger partial charge is 0.329 e. The average molecular weight is 229 g/mol. The summed E-state index contributed by atoms with van der Waals surface area (Å²) in [5.74, 6) is -1.10. The maximum atomic E-state index is 11.6. The van der Waals surface area contributed by atoms with Gasteiger partial charge in [0.15, 0.2) is 0 Å². The van der Waals surface area contributed by atoms with Crippen molar-refractivity contribution < 1.29 is 14.7 Å². The van der Waals surface area contributed by atoms with E-state index >= 15 is 0 Å². The van der Waals surface area contributed by atoms with Gasteiger partial charge in [-0.1, -0.05) is 33.6 Å². The van der Waals surface area contributed by atoms with Crippen LogP contribution < -0.4 is 5.32 Å². The van der Waals surface area contributed by atoms with Gasteiger partial charge in [0.05, 0.1) is 0 Å². The van der Waals surface area contributed by atoms with E-state index < -0.39 is 11.5 Å². The standard InChI is InChI=1S/C12H23NO3/c1-4-7-8-9-10(14)13-12(5-2,6-3)11(15)16/h4-9H2,1-3H3,(H,13,14)(H,15,16). The van der Waals surface area contributed by atoms with E-state index in [2.05, 4.69) is 12.2 Å². The monoisotopic (exact) mass is 229 g/mol. The van der Waals surface area contributed by atoms with Crippen LogP contribution in [0.5, 0.6) is 0 Å². The Hall–Kier alpha value is -1.06. The molecule has 0 bridgehead atoms. The Bertz CT molecular complexity index is 234. The van der Waals surface area contributed by atoms with Crippen molar-refractivity contribution in [1.82, 2.24) is 5.32 Å². The van der Waals surface area contributed by atoms with E-state index in [1.165, 1.54) is 0 Å². The minimum Gasteiger partial charge on any atom is -0.480 e. The van der Waals surface area contributed by atoms with E-state index in [9.17, 15) is 9.59 Å². The highest BCUT2D eigenvalue weighted by molar-refractivity contribution is 5.86. The SMILES string of the molecule is CCCCCC(=O)NC(CC)(CC)C(=O)O. The Balaban J connectivity index is 4.29. The molecule has 16 heavy (non-hydrogen) atoms. The molecule has 0 aliphatic heterocycles. The van der Waals surface area contributed by atoms with Gasteiger partial charge in [0, 0.05) is 6.42 Å². The number of carbonyl (C=O) groups excluding carboxylic acids is 1. The Morgan fingerprint density at radius 2 is 1.69 bits per heavy atom. The number of aliphatic carboxylic acids is 1. The normalized spacial score (nSPS) is 11.2. The molecule has 0 atom stereocenters. The molecule has 0 saturated carbocycles. The fourth-order valence-corrected chi connectivity index (χ4v) is 1.65. The number of carbonyl (C=O) groups is 2. The molecule has 4 heteroatoms. The third-order valence-corrected chi connectivity index (χ3v) is 3.00. The average Bonchev–Trinajstić information content (AvgIpc) is 2.26. The largest absolute Gasteiger partial charge is 0.480 e. The molecule has 0 rings (SSSR count). The van der Waals surface area contributed by atoms with Gasteiger partial charge in [0.1, 0.15) is 5.54 Å². The number of unbranched alkanes of at least 4 members (excludes halogenated alkanes) is 2. The van der Waals surface area contributed by atoms with E-state index in [0.717, 1.165) is 19.3 Å². The zero-order valence-corrected chi connectivity index (χ0v) is 10.5. The highest BCUT2D eigenvalue weighted by Gasteiger charge is 2.35. The molecule has 4 nitrogen and oxygen atoms in total. The first-order valence-corrected chi connectivity index (χ1v) is 6.06. The maximum absolute atomic E-state index is 11.6. The summed E-state index contributed by atoms with van der Waals surface area (Å²) in [7, 11) is 0. The zero-order valence-electron chi connectivity index (χ0n) is 10.5. The number of carboxylic acid groups (broad SMARTS) is 1. The zero-order chi connectivity index (χ0) is 12.6. The quantitative estimate of drug-likeness (QED) is 0.628. The second-order valence-corrected chi connectivity index (χ2v) is 4.10. The summed E-state index contributed by atoms with van der Waals surface area (Å²) in [6.07, 6.45) is 4.13. The second kappa shape index (κ2) is 7.25. The molecule has 0 fully saturated rings. The van der Waals surface area contributed by atoms with Crippen LogP contribution >= 0.6 is 0 Å². The molecule has 0 aromatic heterocycles. The minimum absolute atomic E-state index is 0.153. The Morgan fingerprint density at radius 3 is 2.06 bits per heavy atom. The van der Waals surface area contributed by atoms with E-state index in [1.54, 1.807) is 13.8 Å². The van der Waals surface area contributed by atoms with Crippen LogP contribution in [0, 0.1) is 0 Å². The first-order chi connectivity index (χ1) is 7.52. The lowest BCUT2D eigenvalue weighted by atomic mass is 9.92.